The zero-order chi connectivity index (χ0) is 25.5. The molecule has 1 aliphatic rings. The van der Waals surface area contributed by atoms with Crippen LogP contribution in [0, 0.1) is 0 Å². The molecule has 188 valence electrons. The van der Waals surface area contributed by atoms with Crippen LogP contribution in [0.2, 0.25) is 0 Å². The first-order valence-corrected chi connectivity index (χ1v) is 13.3. The maximum absolute atomic E-state index is 13.4. The lowest BCUT2D eigenvalue weighted by Crippen LogP contribution is -2.53. The lowest BCUT2D eigenvalue weighted by Gasteiger charge is -2.35. The summed E-state index contributed by atoms with van der Waals surface area (Å²) in [7, 11) is -3.86. The number of nitrogens with one attached hydrogen (secondary N) is 1. The molecule has 36 heavy (non-hydrogen) atoms. The van der Waals surface area contributed by atoms with Crippen molar-refractivity contribution in [1.82, 2.24) is 9.62 Å². The Kier molecular flexibility index (Phi) is 8.02. The van der Waals surface area contributed by atoms with Gasteiger partial charge in [0.15, 0.2) is 6.10 Å². The van der Waals surface area contributed by atoms with Crippen molar-refractivity contribution in [2.45, 2.75) is 24.3 Å². The number of carbonyl (C=O) groups excluding carboxylic acids is 2. The Hall–Kier alpha value is -3.69. The summed E-state index contributed by atoms with van der Waals surface area (Å²) in [6, 6.07) is 24.8. The molecule has 0 radical (unpaired) electrons. The van der Waals surface area contributed by atoms with Gasteiger partial charge in [-0.1, -0.05) is 67.6 Å². The fraction of sp³-hybridized carbons (Fsp3) is 0.259. The minimum absolute atomic E-state index is 0.0179. The number of fused-ring (bicyclic) bond motifs is 1. The van der Waals surface area contributed by atoms with Crippen molar-refractivity contribution in [3.05, 3.63) is 90.5 Å². The van der Waals surface area contributed by atoms with Gasteiger partial charge in [-0.3, -0.25) is 9.59 Å². The molecule has 1 aliphatic heterocycles. The molecule has 0 spiro atoms. The largest absolute Gasteiger partial charge is 0.477 e. The van der Waals surface area contributed by atoms with Gasteiger partial charge in [-0.05, 0) is 36.2 Å². The third-order valence-corrected chi connectivity index (χ3v) is 7.90. The summed E-state index contributed by atoms with van der Waals surface area (Å²) in [6.45, 7) is 1.86. The lowest BCUT2D eigenvalue weighted by molar-refractivity contribution is -0.128. The molecule has 0 aromatic heterocycles. The van der Waals surface area contributed by atoms with Gasteiger partial charge < -0.3 is 15.0 Å². The fourth-order valence-corrected chi connectivity index (χ4v) is 5.46. The number of ether oxygens (including phenoxy) is 1. The second-order valence-corrected chi connectivity index (χ2v) is 10.3. The molecule has 0 saturated carbocycles. The number of nitrogens with zero attached hydrogens (tertiary/aromatic N) is 2. The fourth-order valence-electron chi connectivity index (χ4n) is 4.04. The number of hydrogen-bond acceptors (Lipinski definition) is 5. The van der Waals surface area contributed by atoms with Crippen LogP contribution in [0.4, 0.5) is 5.69 Å². The number of sulfonamides is 1. The number of benzene rings is 3. The molecule has 1 N–H and O–H groups in total. The van der Waals surface area contributed by atoms with E-state index in [1.165, 1.54) is 17.0 Å². The van der Waals surface area contributed by atoms with Gasteiger partial charge in [0.1, 0.15) is 5.75 Å². The van der Waals surface area contributed by atoms with E-state index in [9.17, 15) is 18.0 Å². The summed E-state index contributed by atoms with van der Waals surface area (Å²) >= 11 is 0. The van der Waals surface area contributed by atoms with Crippen molar-refractivity contribution in [2.75, 3.05) is 31.1 Å². The predicted octanol–water partition coefficient (Wildman–Crippen LogP) is 2.85. The van der Waals surface area contributed by atoms with E-state index in [-0.39, 0.29) is 30.4 Å². The van der Waals surface area contributed by atoms with E-state index in [0.29, 0.717) is 24.4 Å². The predicted molar refractivity (Wildman–Crippen MR) is 137 cm³/mol. The molecular formula is C27H29N3O5S. The minimum Gasteiger partial charge on any atom is -0.477 e. The molecule has 0 saturated heterocycles. The normalized spacial score (nSPS) is 15.2. The molecule has 1 heterocycles. The third kappa shape index (κ3) is 5.75. The van der Waals surface area contributed by atoms with Gasteiger partial charge in [-0.25, -0.2) is 8.42 Å². The van der Waals surface area contributed by atoms with Crippen molar-refractivity contribution < 1.29 is 22.7 Å². The van der Waals surface area contributed by atoms with Crippen molar-refractivity contribution >= 4 is 27.5 Å². The van der Waals surface area contributed by atoms with Gasteiger partial charge in [-0.2, -0.15) is 4.31 Å². The Bertz CT molecular complexity index is 1300. The monoisotopic (exact) mass is 507 g/mol. The number of amides is 2. The number of rotatable bonds is 9. The van der Waals surface area contributed by atoms with Crippen molar-refractivity contribution in [3.8, 4) is 5.75 Å². The molecule has 4 rings (SSSR count). The number of anilines is 1. The van der Waals surface area contributed by atoms with E-state index in [4.69, 9.17) is 4.74 Å². The van der Waals surface area contributed by atoms with Crippen LogP contribution in [0.3, 0.4) is 0 Å². The Morgan fingerprint density at radius 3 is 2.31 bits per heavy atom. The zero-order valence-corrected chi connectivity index (χ0v) is 20.9. The summed E-state index contributed by atoms with van der Waals surface area (Å²) in [4.78, 5) is 27.9. The highest BCUT2D eigenvalue weighted by molar-refractivity contribution is 7.89. The highest BCUT2D eigenvalue weighted by Crippen LogP contribution is 2.33. The minimum atomic E-state index is -3.86. The molecule has 9 heteroatoms. The third-order valence-electron chi connectivity index (χ3n) is 5.97. The Morgan fingerprint density at radius 1 is 0.972 bits per heavy atom. The smallest absolute Gasteiger partial charge is 0.262 e. The average Bonchev–Trinajstić information content (AvgIpc) is 2.91. The van der Waals surface area contributed by atoms with E-state index in [2.05, 4.69) is 5.32 Å². The highest BCUT2D eigenvalue weighted by atomic mass is 32.2. The topological polar surface area (TPSA) is 96.0 Å². The summed E-state index contributed by atoms with van der Waals surface area (Å²) in [5.74, 6) is -0.369. The zero-order valence-electron chi connectivity index (χ0n) is 20.0. The maximum Gasteiger partial charge on any atom is 0.262 e. The number of para-hydroxylation sites is 2. The van der Waals surface area contributed by atoms with Gasteiger partial charge in [0, 0.05) is 13.1 Å². The molecular weight excluding hydrogens is 478 g/mol. The van der Waals surface area contributed by atoms with Crippen LogP contribution < -0.4 is 15.0 Å². The molecule has 0 aliphatic carbocycles. The molecule has 0 unspecified atom stereocenters. The van der Waals surface area contributed by atoms with Gasteiger partial charge >= 0.3 is 0 Å². The molecule has 2 amide bonds. The summed E-state index contributed by atoms with van der Waals surface area (Å²) in [5.41, 5.74) is 1.60. The van der Waals surface area contributed by atoms with E-state index < -0.39 is 22.0 Å². The van der Waals surface area contributed by atoms with Crippen LogP contribution in [-0.2, 0) is 26.0 Å². The summed E-state index contributed by atoms with van der Waals surface area (Å²) < 4.78 is 33.2. The SMILES string of the molecule is CCN(CC(=O)N1C[C@H](C(=O)NCCc2ccccc2)Oc2ccccc21)S(=O)(=O)c1ccccc1. The quantitative estimate of drug-likeness (QED) is 0.481. The van der Waals surface area contributed by atoms with Crippen LogP contribution in [0.1, 0.15) is 12.5 Å². The Labute approximate surface area is 211 Å². The van der Waals surface area contributed by atoms with Crippen molar-refractivity contribution in [1.29, 1.82) is 0 Å². The van der Waals surface area contributed by atoms with Gasteiger partial charge in [-0.15, -0.1) is 0 Å². The highest BCUT2D eigenvalue weighted by Gasteiger charge is 2.35. The number of likely N-dealkylation sites (N-methyl/N-ethyl adjacent to an activating group) is 1. The molecule has 3 aromatic carbocycles. The summed E-state index contributed by atoms with van der Waals surface area (Å²) in [6.07, 6.45) is -0.248. The Morgan fingerprint density at radius 2 is 1.61 bits per heavy atom. The number of hydrogen-bond donors (Lipinski definition) is 1. The molecule has 1 atom stereocenters. The Balaban J connectivity index is 1.48. The van der Waals surface area contributed by atoms with Crippen molar-refractivity contribution in [3.63, 3.8) is 0 Å². The molecule has 0 bridgehead atoms. The first-order valence-electron chi connectivity index (χ1n) is 11.8. The van der Waals surface area contributed by atoms with Gasteiger partial charge in [0.25, 0.3) is 5.91 Å². The second kappa shape index (κ2) is 11.4. The first kappa shape index (κ1) is 25.4. The first-order chi connectivity index (χ1) is 17.4. The van der Waals surface area contributed by atoms with Crippen LogP contribution >= 0.6 is 0 Å². The van der Waals surface area contributed by atoms with Crippen LogP contribution in [-0.4, -0.2) is 56.8 Å². The van der Waals surface area contributed by atoms with Gasteiger partial charge in [0.05, 0.1) is 23.7 Å². The van der Waals surface area contributed by atoms with E-state index in [1.54, 1.807) is 49.4 Å². The van der Waals surface area contributed by atoms with Crippen molar-refractivity contribution in [2.24, 2.45) is 0 Å². The van der Waals surface area contributed by atoms with E-state index in [1.807, 2.05) is 30.3 Å². The molecule has 0 fully saturated rings. The second-order valence-electron chi connectivity index (χ2n) is 8.35. The van der Waals surface area contributed by atoms with E-state index >= 15 is 0 Å². The number of carbonyl (C=O) groups is 2. The van der Waals surface area contributed by atoms with E-state index in [0.717, 1.165) is 9.87 Å². The van der Waals surface area contributed by atoms with Crippen LogP contribution in [0.15, 0.2) is 89.8 Å². The van der Waals surface area contributed by atoms with Crippen LogP contribution in [0.25, 0.3) is 0 Å². The standard InChI is InChI=1S/C27H29N3O5S/c1-2-29(36(33,34)22-13-7-4-8-14-22)20-26(31)30-19-25(35-24-16-10-9-15-23(24)30)27(32)28-18-17-21-11-5-3-6-12-21/h3-16,25H,2,17-20H2,1H3,(H,28,32)/t25-/m1/s1. The van der Waals surface area contributed by atoms with Crippen LogP contribution in [0.5, 0.6) is 5.75 Å². The molecule has 3 aromatic rings. The maximum atomic E-state index is 13.4. The summed E-state index contributed by atoms with van der Waals surface area (Å²) in [5, 5.41) is 2.88. The molecule has 8 nitrogen and oxygen atoms in total. The van der Waals surface area contributed by atoms with Gasteiger partial charge in [0.2, 0.25) is 15.9 Å². The lowest BCUT2D eigenvalue weighted by atomic mass is 10.1. The average molecular weight is 508 g/mol.